The van der Waals surface area contributed by atoms with Gasteiger partial charge >= 0.3 is 6.18 Å². The van der Waals surface area contributed by atoms with Crippen LogP contribution in [-0.2, 0) is 19.3 Å². The van der Waals surface area contributed by atoms with Gasteiger partial charge in [-0.05, 0) is 41.5 Å². The Hall–Kier alpha value is -2.34. The monoisotopic (exact) mass is 307 g/mol. The number of nitrogens with zero attached hydrogens (tertiary/aromatic N) is 1. The van der Waals surface area contributed by atoms with Gasteiger partial charge in [0, 0.05) is 11.3 Å². The Morgan fingerprint density at radius 3 is 2.36 bits per heavy atom. The first-order chi connectivity index (χ1) is 10.4. The quantitative estimate of drug-likeness (QED) is 0.924. The van der Waals surface area contributed by atoms with Crippen molar-refractivity contribution in [3.05, 3.63) is 64.7 Å². The van der Waals surface area contributed by atoms with Crippen LogP contribution in [-0.4, -0.2) is 11.0 Å². The molecule has 1 heterocycles. The lowest BCUT2D eigenvalue weighted by Crippen LogP contribution is -2.23. The zero-order valence-corrected chi connectivity index (χ0v) is 11.4. The summed E-state index contributed by atoms with van der Waals surface area (Å²) in [5, 5.41) is 9.32. The summed E-state index contributed by atoms with van der Waals surface area (Å²) >= 11 is 0. The third kappa shape index (κ3) is 2.35. The summed E-state index contributed by atoms with van der Waals surface area (Å²) in [6.07, 6.45) is -4.40. The molecule has 2 aromatic carbocycles. The lowest BCUT2D eigenvalue weighted by atomic mass is 10.0. The molecule has 1 amide bonds. The highest BCUT2D eigenvalue weighted by molar-refractivity contribution is 6.10. The minimum absolute atomic E-state index is 0.183. The van der Waals surface area contributed by atoms with Crippen LogP contribution in [0.5, 0.6) is 0 Å². The standard InChI is InChI=1S/C16H12F3NO2/c17-16(18,19)11-4-6-12(7-5-11)20-8-14-10(9-21)2-1-3-13(14)15(20)22/h1-7,21H,8-9H2. The van der Waals surface area contributed by atoms with Crippen LogP contribution in [0.4, 0.5) is 18.9 Å². The van der Waals surface area contributed by atoms with Crippen LogP contribution in [0, 0.1) is 0 Å². The maximum absolute atomic E-state index is 12.6. The second-order valence-electron chi connectivity index (χ2n) is 5.04. The van der Waals surface area contributed by atoms with Gasteiger partial charge in [-0.15, -0.1) is 0 Å². The van der Waals surface area contributed by atoms with Gasteiger partial charge in [0.05, 0.1) is 18.7 Å². The van der Waals surface area contributed by atoms with Crippen LogP contribution >= 0.6 is 0 Å². The summed E-state index contributed by atoms with van der Waals surface area (Å²) < 4.78 is 37.7. The third-order valence-corrected chi connectivity index (χ3v) is 3.74. The molecule has 2 aromatic rings. The van der Waals surface area contributed by atoms with E-state index in [4.69, 9.17) is 0 Å². The van der Waals surface area contributed by atoms with Crippen LogP contribution in [0.15, 0.2) is 42.5 Å². The van der Waals surface area contributed by atoms with E-state index in [1.807, 2.05) is 0 Å². The molecule has 0 saturated heterocycles. The number of carbonyl (C=O) groups excluding carboxylic acids is 1. The topological polar surface area (TPSA) is 40.5 Å². The molecule has 114 valence electrons. The predicted molar refractivity (Wildman–Crippen MR) is 74.3 cm³/mol. The maximum atomic E-state index is 12.6. The molecule has 3 rings (SSSR count). The van der Waals surface area contributed by atoms with E-state index in [9.17, 15) is 23.1 Å². The van der Waals surface area contributed by atoms with E-state index >= 15 is 0 Å². The van der Waals surface area contributed by atoms with Gasteiger partial charge in [-0.2, -0.15) is 13.2 Å². The van der Waals surface area contributed by atoms with Gasteiger partial charge in [0.15, 0.2) is 0 Å². The van der Waals surface area contributed by atoms with Crippen molar-refractivity contribution in [2.24, 2.45) is 0 Å². The third-order valence-electron chi connectivity index (χ3n) is 3.74. The number of fused-ring (bicyclic) bond motifs is 1. The van der Waals surface area contributed by atoms with Crippen molar-refractivity contribution in [3.8, 4) is 0 Å². The number of rotatable bonds is 2. The molecule has 0 bridgehead atoms. The van der Waals surface area contributed by atoms with Gasteiger partial charge in [0.2, 0.25) is 0 Å². The Morgan fingerprint density at radius 1 is 1.09 bits per heavy atom. The lowest BCUT2D eigenvalue weighted by Gasteiger charge is -2.17. The molecule has 0 saturated carbocycles. The Labute approximate surface area is 124 Å². The molecule has 0 fully saturated rings. The average Bonchev–Trinajstić information content (AvgIpc) is 2.84. The maximum Gasteiger partial charge on any atom is 0.416 e. The number of hydrogen-bond acceptors (Lipinski definition) is 2. The highest BCUT2D eigenvalue weighted by Crippen LogP contribution is 2.33. The van der Waals surface area contributed by atoms with E-state index in [0.717, 1.165) is 17.7 Å². The number of hydrogen-bond donors (Lipinski definition) is 1. The number of aliphatic hydroxyl groups excluding tert-OH is 1. The Bertz CT molecular complexity index is 723. The molecular weight excluding hydrogens is 295 g/mol. The summed E-state index contributed by atoms with van der Waals surface area (Å²) in [6.45, 7) is 0.0631. The molecule has 0 radical (unpaired) electrons. The first-order valence-corrected chi connectivity index (χ1v) is 6.62. The molecule has 0 aromatic heterocycles. The van der Waals surface area contributed by atoms with Crippen molar-refractivity contribution >= 4 is 11.6 Å². The number of alkyl halides is 3. The summed E-state index contributed by atoms with van der Waals surface area (Å²) in [5.74, 6) is -0.273. The number of anilines is 1. The fourth-order valence-corrected chi connectivity index (χ4v) is 2.58. The smallest absolute Gasteiger partial charge is 0.392 e. The first-order valence-electron chi connectivity index (χ1n) is 6.62. The highest BCUT2D eigenvalue weighted by atomic mass is 19.4. The fourth-order valence-electron chi connectivity index (χ4n) is 2.58. The summed E-state index contributed by atoms with van der Waals surface area (Å²) in [6, 6.07) is 9.54. The molecule has 0 unspecified atom stereocenters. The second-order valence-corrected chi connectivity index (χ2v) is 5.04. The van der Waals surface area contributed by atoms with E-state index in [1.54, 1.807) is 18.2 Å². The zero-order valence-electron chi connectivity index (χ0n) is 11.4. The van der Waals surface area contributed by atoms with E-state index in [2.05, 4.69) is 0 Å². The highest BCUT2D eigenvalue weighted by Gasteiger charge is 2.32. The number of carbonyl (C=O) groups is 1. The van der Waals surface area contributed by atoms with Crippen molar-refractivity contribution in [1.29, 1.82) is 0 Å². The number of aliphatic hydroxyl groups is 1. The number of benzene rings is 2. The van der Waals surface area contributed by atoms with E-state index in [-0.39, 0.29) is 19.1 Å². The van der Waals surface area contributed by atoms with Gasteiger partial charge in [-0.1, -0.05) is 12.1 Å². The zero-order chi connectivity index (χ0) is 15.9. The summed E-state index contributed by atoms with van der Waals surface area (Å²) in [7, 11) is 0. The molecule has 0 aliphatic carbocycles. The van der Waals surface area contributed by atoms with Crippen LogP contribution in [0.25, 0.3) is 0 Å². The Morgan fingerprint density at radius 2 is 1.77 bits per heavy atom. The SMILES string of the molecule is O=C1c2cccc(CO)c2CN1c1ccc(C(F)(F)F)cc1. The van der Waals surface area contributed by atoms with Crippen molar-refractivity contribution in [1.82, 2.24) is 0 Å². The fraction of sp³-hybridized carbons (Fsp3) is 0.188. The normalized spacial score (nSPS) is 14.4. The molecule has 1 aliphatic heterocycles. The minimum Gasteiger partial charge on any atom is -0.392 e. The molecule has 0 atom stereocenters. The van der Waals surface area contributed by atoms with Gasteiger partial charge in [-0.25, -0.2) is 0 Å². The van der Waals surface area contributed by atoms with Crippen LogP contribution in [0.2, 0.25) is 0 Å². The summed E-state index contributed by atoms with van der Waals surface area (Å²) in [5.41, 5.74) is 1.50. The van der Waals surface area contributed by atoms with Gasteiger partial charge in [0.1, 0.15) is 0 Å². The average molecular weight is 307 g/mol. The number of halogens is 3. The van der Waals surface area contributed by atoms with Crippen molar-refractivity contribution in [2.75, 3.05) is 4.90 Å². The minimum atomic E-state index is -4.40. The molecule has 0 spiro atoms. The second kappa shape index (κ2) is 5.14. The van der Waals surface area contributed by atoms with Crippen LogP contribution in [0.3, 0.4) is 0 Å². The number of amides is 1. The van der Waals surface area contributed by atoms with Gasteiger partial charge in [0.25, 0.3) is 5.91 Å². The molecule has 1 aliphatic rings. The van der Waals surface area contributed by atoms with Crippen LogP contribution in [0.1, 0.15) is 27.0 Å². The molecule has 6 heteroatoms. The lowest BCUT2D eigenvalue weighted by molar-refractivity contribution is -0.137. The van der Waals surface area contributed by atoms with Crippen molar-refractivity contribution in [3.63, 3.8) is 0 Å². The van der Waals surface area contributed by atoms with Gasteiger partial charge in [-0.3, -0.25) is 4.79 Å². The van der Waals surface area contributed by atoms with E-state index in [1.165, 1.54) is 17.0 Å². The Kier molecular flexibility index (Phi) is 3.41. The predicted octanol–water partition coefficient (Wildman–Crippen LogP) is 3.36. The largest absolute Gasteiger partial charge is 0.416 e. The van der Waals surface area contributed by atoms with Crippen molar-refractivity contribution < 1.29 is 23.1 Å². The first kappa shape index (κ1) is 14.6. The molecule has 1 N–H and O–H groups in total. The van der Waals surface area contributed by atoms with Crippen molar-refractivity contribution in [2.45, 2.75) is 19.3 Å². The summed E-state index contributed by atoms with van der Waals surface area (Å²) in [4.78, 5) is 13.8. The molecular formula is C16H12F3NO2. The van der Waals surface area contributed by atoms with E-state index in [0.29, 0.717) is 16.8 Å². The Balaban J connectivity index is 1.93. The molecule has 22 heavy (non-hydrogen) atoms. The van der Waals surface area contributed by atoms with Crippen LogP contribution < -0.4 is 4.90 Å². The van der Waals surface area contributed by atoms with E-state index < -0.39 is 11.7 Å². The van der Waals surface area contributed by atoms with Gasteiger partial charge < -0.3 is 10.0 Å². The molecule has 3 nitrogen and oxygen atoms in total.